The highest BCUT2D eigenvalue weighted by molar-refractivity contribution is 5.97. The minimum absolute atomic E-state index is 0.0759. The van der Waals surface area contributed by atoms with Crippen LogP contribution >= 0.6 is 0 Å². The molecule has 0 saturated carbocycles. The van der Waals surface area contributed by atoms with Crippen LogP contribution in [0.2, 0.25) is 0 Å². The van der Waals surface area contributed by atoms with E-state index in [9.17, 15) is 4.79 Å². The summed E-state index contributed by atoms with van der Waals surface area (Å²) in [7, 11) is 1.84. The molecule has 106 valence electrons. The third-order valence-electron chi connectivity index (χ3n) is 3.20. The van der Waals surface area contributed by atoms with E-state index in [1.54, 1.807) is 4.68 Å². The fraction of sp³-hybridized carbons (Fsp3) is 0.333. The number of nitrogens with one attached hydrogen (secondary N) is 2. The Labute approximate surface area is 119 Å². The molecule has 2 N–H and O–H groups in total. The van der Waals surface area contributed by atoms with E-state index < -0.39 is 0 Å². The van der Waals surface area contributed by atoms with Gasteiger partial charge in [0.25, 0.3) is 0 Å². The Morgan fingerprint density at radius 2 is 1.90 bits per heavy atom. The number of hydrogen-bond donors (Lipinski definition) is 2. The van der Waals surface area contributed by atoms with Crippen molar-refractivity contribution in [3.63, 3.8) is 0 Å². The summed E-state index contributed by atoms with van der Waals surface area (Å²) in [6.07, 6.45) is 1.83. The second-order valence-corrected chi connectivity index (χ2v) is 5.00. The number of amides is 1. The summed E-state index contributed by atoms with van der Waals surface area (Å²) in [5.74, 6) is 0.615. The van der Waals surface area contributed by atoms with E-state index in [0.717, 1.165) is 16.8 Å². The van der Waals surface area contributed by atoms with Gasteiger partial charge in [0.15, 0.2) is 0 Å². The maximum Gasteiger partial charge on any atom is 0.246 e. The molecule has 5 heteroatoms. The molecule has 1 aromatic heterocycles. The zero-order valence-electron chi connectivity index (χ0n) is 12.3. The number of benzene rings is 1. The van der Waals surface area contributed by atoms with E-state index >= 15 is 0 Å². The molecule has 2 rings (SSSR count). The Kier molecular flexibility index (Phi) is 4.08. The minimum atomic E-state index is -0.357. The van der Waals surface area contributed by atoms with E-state index in [4.69, 9.17) is 0 Å². The van der Waals surface area contributed by atoms with Crippen molar-refractivity contribution in [3.05, 3.63) is 41.6 Å². The number of anilines is 2. The Hall–Kier alpha value is -2.30. The Morgan fingerprint density at radius 1 is 1.25 bits per heavy atom. The van der Waals surface area contributed by atoms with Crippen LogP contribution in [-0.2, 0) is 11.8 Å². The second kappa shape index (κ2) is 5.77. The largest absolute Gasteiger partial charge is 0.357 e. The molecule has 2 aromatic rings. The molecule has 0 aliphatic rings. The highest BCUT2D eigenvalue weighted by atomic mass is 16.2. The molecule has 0 aliphatic heterocycles. The number of aryl methyl sites for hydroxylation is 3. The van der Waals surface area contributed by atoms with Crippen molar-refractivity contribution < 1.29 is 4.79 Å². The zero-order valence-corrected chi connectivity index (χ0v) is 12.3. The van der Waals surface area contributed by atoms with Crippen LogP contribution in [0.3, 0.4) is 0 Å². The van der Waals surface area contributed by atoms with Crippen LogP contribution in [0.5, 0.6) is 0 Å². The lowest BCUT2D eigenvalue weighted by Gasteiger charge is -2.16. The number of hydrogen-bond acceptors (Lipinski definition) is 3. The third-order valence-corrected chi connectivity index (χ3v) is 3.20. The molecule has 1 amide bonds. The normalized spacial score (nSPS) is 12.0. The highest BCUT2D eigenvalue weighted by Gasteiger charge is 2.15. The van der Waals surface area contributed by atoms with Crippen molar-refractivity contribution in [1.82, 2.24) is 9.78 Å². The molecule has 0 spiro atoms. The third kappa shape index (κ3) is 3.17. The lowest BCUT2D eigenvalue weighted by atomic mass is 10.1. The van der Waals surface area contributed by atoms with Gasteiger partial charge in [0.1, 0.15) is 11.9 Å². The summed E-state index contributed by atoms with van der Waals surface area (Å²) in [6, 6.07) is 7.43. The number of carbonyl (C=O) groups excluding carboxylic acids is 1. The summed E-state index contributed by atoms with van der Waals surface area (Å²) >= 11 is 0. The molecular formula is C15H20N4O. The maximum absolute atomic E-state index is 12.2. The van der Waals surface area contributed by atoms with Gasteiger partial charge < -0.3 is 10.6 Å². The van der Waals surface area contributed by atoms with Gasteiger partial charge in [-0.25, -0.2) is 0 Å². The van der Waals surface area contributed by atoms with Crippen molar-refractivity contribution in [1.29, 1.82) is 0 Å². The zero-order chi connectivity index (χ0) is 14.7. The summed E-state index contributed by atoms with van der Waals surface area (Å²) in [4.78, 5) is 12.2. The number of carbonyl (C=O) groups is 1. The van der Waals surface area contributed by atoms with Crippen LogP contribution in [0.15, 0.2) is 30.5 Å². The van der Waals surface area contributed by atoms with Crippen LogP contribution in [0.4, 0.5) is 11.5 Å². The number of nitrogens with zero attached hydrogens (tertiary/aromatic N) is 2. The van der Waals surface area contributed by atoms with E-state index in [0.29, 0.717) is 5.82 Å². The predicted octanol–water partition coefficient (Wildman–Crippen LogP) is 2.48. The highest BCUT2D eigenvalue weighted by Crippen LogP contribution is 2.19. The second-order valence-electron chi connectivity index (χ2n) is 5.00. The fourth-order valence-corrected chi connectivity index (χ4v) is 2.02. The molecule has 1 atom stereocenters. The van der Waals surface area contributed by atoms with Gasteiger partial charge >= 0.3 is 0 Å². The van der Waals surface area contributed by atoms with Gasteiger partial charge in [-0.15, -0.1) is 0 Å². The smallest absolute Gasteiger partial charge is 0.246 e. The summed E-state index contributed by atoms with van der Waals surface area (Å²) in [6.45, 7) is 5.79. The number of para-hydroxylation sites is 1. The monoisotopic (exact) mass is 272 g/mol. The molecule has 0 fully saturated rings. The summed E-state index contributed by atoms with van der Waals surface area (Å²) in [5.41, 5.74) is 3.00. The predicted molar refractivity (Wildman–Crippen MR) is 80.8 cm³/mol. The van der Waals surface area contributed by atoms with Crippen molar-refractivity contribution in [2.45, 2.75) is 26.8 Å². The van der Waals surface area contributed by atoms with Gasteiger partial charge in [0, 0.05) is 25.0 Å². The van der Waals surface area contributed by atoms with Gasteiger partial charge in [0.2, 0.25) is 5.91 Å². The molecule has 0 saturated heterocycles. The first-order valence-electron chi connectivity index (χ1n) is 6.60. The molecule has 5 nitrogen and oxygen atoms in total. The molecule has 0 bridgehead atoms. The van der Waals surface area contributed by atoms with Crippen LogP contribution in [0.1, 0.15) is 18.1 Å². The van der Waals surface area contributed by atoms with Crippen LogP contribution in [-0.4, -0.2) is 21.7 Å². The molecular weight excluding hydrogens is 252 g/mol. The maximum atomic E-state index is 12.2. The molecule has 20 heavy (non-hydrogen) atoms. The molecule has 0 aliphatic carbocycles. The average Bonchev–Trinajstić information content (AvgIpc) is 2.79. The summed E-state index contributed by atoms with van der Waals surface area (Å²) < 4.78 is 1.69. The number of aromatic nitrogens is 2. The van der Waals surface area contributed by atoms with Gasteiger partial charge in [0.05, 0.1) is 0 Å². The summed E-state index contributed by atoms with van der Waals surface area (Å²) in [5, 5.41) is 10.2. The van der Waals surface area contributed by atoms with Crippen LogP contribution in [0.25, 0.3) is 0 Å². The van der Waals surface area contributed by atoms with Gasteiger partial charge in [-0.3, -0.25) is 9.48 Å². The topological polar surface area (TPSA) is 59.0 Å². The molecule has 1 heterocycles. The minimum Gasteiger partial charge on any atom is -0.357 e. The SMILES string of the molecule is Cc1cccc(C)c1NC(=O)C(C)Nc1ccn(C)n1. The quantitative estimate of drug-likeness (QED) is 0.899. The lowest BCUT2D eigenvalue weighted by molar-refractivity contribution is -0.116. The van der Waals surface area contributed by atoms with E-state index in [-0.39, 0.29) is 11.9 Å². The standard InChI is InChI=1S/C15H20N4O/c1-10-6-5-7-11(2)14(10)17-15(20)12(3)16-13-8-9-19(4)18-13/h5-9,12H,1-4H3,(H,16,18)(H,17,20). The Bertz CT molecular complexity index is 598. The Morgan fingerprint density at radius 3 is 2.45 bits per heavy atom. The number of rotatable bonds is 4. The lowest BCUT2D eigenvalue weighted by Crippen LogP contribution is -2.32. The molecule has 1 aromatic carbocycles. The first kappa shape index (κ1) is 14.1. The van der Waals surface area contributed by atoms with Crippen molar-refractivity contribution in [2.75, 3.05) is 10.6 Å². The van der Waals surface area contributed by atoms with Gasteiger partial charge in [-0.1, -0.05) is 18.2 Å². The van der Waals surface area contributed by atoms with E-state index in [1.165, 1.54) is 0 Å². The van der Waals surface area contributed by atoms with Crippen molar-refractivity contribution in [2.24, 2.45) is 7.05 Å². The van der Waals surface area contributed by atoms with E-state index in [2.05, 4.69) is 15.7 Å². The van der Waals surface area contributed by atoms with Crippen molar-refractivity contribution >= 4 is 17.4 Å². The fourth-order valence-electron chi connectivity index (χ4n) is 2.02. The van der Waals surface area contributed by atoms with Crippen molar-refractivity contribution in [3.8, 4) is 0 Å². The first-order chi connectivity index (χ1) is 9.47. The Balaban J connectivity index is 2.04. The van der Waals surface area contributed by atoms with Gasteiger partial charge in [-0.05, 0) is 31.9 Å². The van der Waals surface area contributed by atoms with Gasteiger partial charge in [-0.2, -0.15) is 5.10 Å². The molecule has 0 radical (unpaired) electrons. The molecule has 1 unspecified atom stereocenters. The van der Waals surface area contributed by atoms with E-state index in [1.807, 2.05) is 58.3 Å². The first-order valence-corrected chi connectivity index (χ1v) is 6.60. The average molecular weight is 272 g/mol. The van der Waals surface area contributed by atoms with Crippen LogP contribution < -0.4 is 10.6 Å². The van der Waals surface area contributed by atoms with Crippen LogP contribution in [0, 0.1) is 13.8 Å².